The van der Waals surface area contributed by atoms with Gasteiger partial charge in [0, 0.05) is 5.56 Å². The molecule has 5 heteroatoms. The molecule has 0 amide bonds. The summed E-state index contributed by atoms with van der Waals surface area (Å²) in [5.41, 5.74) is 7.19. The minimum atomic E-state index is -0.706. The normalized spacial score (nSPS) is 13.9. The first-order valence-electron chi connectivity index (χ1n) is 7.83. The second-order valence-corrected chi connectivity index (χ2v) is 5.96. The molecule has 4 nitrogen and oxygen atoms in total. The molecule has 2 N–H and O–H groups in total. The SMILES string of the molecule is Cc1c(C#N)c(N)c(OC(=O)C2CCC2)c(F)c1-c1ccccc1. The van der Waals surface area contributed by atoms with E-state index in [1.807, 2.05) is 12.1 Å². The van der Waals surface area contributed by atoms with Gasteiger partial charge in [-0.15, -0.1) is 0 Å². The Bertz CT molecular complexity index is 837. The van der Waals surface area contributed by atoms with E-state index >= 15 is 4.39 Å². The number of carbonyl (C=O) groups is 1. The lowest BCUT2D eigenvalue weighted by Gasteiger charge is -2.24. The molecule has 2 aromatic carbocycles. The number of hydrogen-bond acceptors (Lipinski definition) is 4. The summed E-state index contributed by atoms with van der Waals surface area (Å²) in [5.74, 6) is -1.75. The number of carbonyl (C=O) groups excluding carboxylic acids is 1. The van der Waals surface area contributed by atoms with Gasteiger partial charge in [0.15, 0.2) is 11.6 Å². The fraction of sp³-hybridized carbons (Fsp3) is 0.263. The molecule has 1 aliphatic carbocycles. The Morgan fingerprint density at radius 3 is 2.54 bits per heavy atom. The maximum atomic E-state index is 15.1. The summed E-state index contributed by atoms with van der Waals surface area (Å²) in [6.45, 7) is 1.64. The van der Waals surface area contributed by atoms with Crippen molar-refractivity contribution in [2.24, 2.45) is 5.92 Å². The molecule has 24 heavy (non-hydrogen) atoms. The van der Waals surface area contributed by atoms with Crippen LogP contribution in [0.3, 0.4) is 0 Å². The van der Waals surface area contributed by atoms with Crippen molar-refractivity contribution in [3.05, 3.63) is 47.3 Å². The molecule has 1 saturated carbocycles. The third-order valence-electron chi connectivity index (χ3n) is 4.50. The Morgan fingerprint density at radius 1 is 1.33 bits per heavy atom. The number of rotatable bonds is 3. The summed E-state index contributed by atoms with van der Waals surface area (Å²) in [4.78, 5) is 12.1. The molecule has 0 spiro atoms. The number of halogens is 1. The molecule has 0 radical (unpaired) electrons. The molecule has 1 aliphatic rings. The topological polar surface area (TPSA) is 76.1 Å². The van der Waals surface area contributed by atoms with E-state index in [0.717, 1.165) is 19.3 Å². The van der Waals surface area contributed by atoms with Gasteiger partial charge in [0.05, 0.1) is 17.2 Å². The van der Waals surface area contributed by atoms with Gasteiger partial charge in [0.1, 0.15) is 6.07 Å². The lowest BCUT2D eigenvalue weighted by atomic mass is 9.85. The number of ether oxygens (including phenoxy) is 1. The summed E-state index contributed by atoms with van der Waals surface area (Å²) in [6, 6.07) is 10.8. The molecule has 0 heterocycles. The number of nitrogens with zero attached hydrogens (tertiary/aromatic N) is 1. The number of nitrogens with two attached hydrogens (primary N) is 1. The first-order valence-corrected chi connectivity index (χ1v) is 7.83. The van der Waals surface area contributed by atoms with Crippen LogP contribution >= 0.6 is 0 Å². The number of nitrogen functional groups attached to an aromatic ring is 1. The quantitative estimate of drug-likeness (QED) is 0.527. The van der Waals surface area contributed by atoms with Crippen LogP contribution in [0.25, 0.3) is 11.1 Å². The van der Waals surface area contributed by atoms with Gasteiger partial charge in [-0.1, -0.05) is 36.8 Å². The van der Waals surface area contributed by atoms with Crippen LogP contribution in [-0.4, -0.2) is 5.97 Å². The molecule has 1 fully saturated rings. The van der Waals surface area contributed by atoms with Crippen molar-refractivity contribution >= 4 is 11.7 Å². The molecule has 0 saturated heterocycles. The van der Waals surface area contributed by atoms with Crippen molar-refractivity contribution in [2.75, 3.05) is 5.73 Å². The van der Waals surface area contributed by atoms with Crippen LogP contribution in [0.15, 0.2) is 30.3 Å². The smallest absolute Gasteiger partial charge is 0.314 e. The van der Waals surface area contributed by atoms with Crippen LogP contribution in [0.2, 0.25) is 0 Å². The number of anilines is 1. The Kier molecular flexibility index (Phi) is 4.22. The first kappa shape index (κ1) is 16.0. The predicted octanol–water partition coefficient (Wildman–Crippen LogP) is 3.96. The summed E-state index contributed by atoms with van der Waals surface area (Å²) < 4.78 is 20.3. The zero-order valence-corrected chi connectivity index (χ0v) is 13.3. The zero-order valence-electron chi connectivity index (χ0n) is 13.3. The monoisotopic (exact) mass is 324 g/mol. The van der Waals surface area contributed by atoms with E-state index in [1.54, 1.807) is 31.2 Å². The third-order valence-corrected chi connectivity index (χ3v) is 4.50. The van der Waals surface area contributed by atoms with Crippen molar-refractivity contribution in [2.45, 2.75) is 26.2 Å². The van der Waals surface area contributed by atoms with Crippen LogP contribution in [0, 0.1) is 30.0 Å². The van der Waals surface area contributed by atoms with E-state index in [9.17, 15) is 10.1 Å². The highest BCUT2D eigenvalue weighted by Crippen LogP contribution is 2.41. The van der Waals surface area contributed by atoms with Crippen molar-refractivity contribution in [1.29, 1.82) is 5.26 Å². The molecule has 0 bridgehead atoms. The van der Waals surface area contributed by atoms with Crippen molar-refractivity contribution in [1.82, 2.24) is 0 Å². The van der Waals surface area contributed by atoms with Gasteiger partial charge in [0.25, 0.3) is 0 Å². The second kappa shape index (κ2) is 6.32. The molecule has 0 aliphatic heterocycles. The van der Waals surface area contributed by atoms with Crippen LogP contribution in [0.4, 0.5) is 10.1 Å². The first-order chi connectivity index (χ1) is 11.5. The van der Waals surface area contributed by atoms with Gasteiger partial charge in [0.2, 0.25) is 0 Å². The zero-order chi connectivity index (χ0) is 17.3. The van der Waals surface area contributed by atoms with Crippen LogP contribution in [0.1, 0.15) is 30.4 Å². The Labute approximate surface area is 139 Å². The highest BCUT2D eigenvalue weighted by atomic mass is 19.1. The molecule has 122 valence electrons. The maximum Gasteiger partial charge on any atom is 0.314 e. The van der Waals surface area contributed by atoms with Gasteiger partial charge < -0.3 is 10.5 Å². The fourth-order valence-electron chi connectivity index (χ4n) is 2.86. The van der Waals surface area contributed by atoms with Crippen LogP contribution in [-0.2, 0) is 4.79 Å². The Hall–Kier alpha value is -2.87. The fourth-order valence-corrected chi connectivity index (χ4v) is 2.86. The molecule has 3 rings (SSSR count). The summed E-state index contributed by atoms with van der Waals surface area (Å²) in [6.07, 6.45) is 2.44. The second-order valence-electron chi connectivity index (χ2n) is 5.96. The minimum absolute atomic E-state index is 0.125. The third kappa shape index (κ3) is 2.61. The molecular weight excluding hydrogens is 307 g/mol. The number of nitriles is 1. The lowest BCUT2D eigenvalue weighted by molar-refractivity contribution is -0.141. The van der Waals surface area contributed by atoms with Gasteiger partial charge in [-0.05, 0) is 30.9 Å². The van der Waals surface area contributed by atoms with E-state index in [-0.39, 0.29) is 28.5 Å². The molecule has 0 unspecified atom stereocenters. The lowest BCUT2D eigenvalue weighted by Crippen LogP contribution is -2.27. The minimum Gasteiger partial charge on any atom is -0.421 e. The van der Waals surface area contributed by atoms with Crippen molar-refractivity contribution < 1.29 is 13.9 Å². The van der Waals surface area contributed by atoms with Crippen LogP contribution in [0.5, 0.6) is 5.75 Å². The van der Waals surface area contributed by atoms with E-state index in [1.165, 1.54) is 0 Å². The number of hydrogen-bond donors (Lipinski definition) is 1. The van der Waals surface area contributed by atoms with Gasteiger partial charge in [-0.25, -0.2) is 4.39 Å². The van der Waals surface area contributed by atoms with E-state index in [0.29, 0.717) is 11.1 Å². The Morgan fingerprint density at radius 2 is 2.00 bits per heavy atom. The van der Waals surface area contributed by atoms with Gasteiger partial charge >= 0.3 is 5.97 Å². The predicted molar refractivity (Wildman–Crippen MR) is 88.7 cm³/mol. The average Bonchev–Trinajstić information content (AvgIpc) is 2.51. The number of esters is 1. The van der Waals surface area contributed by atoms with E-state index in [4.69, 9.17) is 10.5 Å². The average molecular weight is 324 g/mol. The largest absolute Gasteiger partial charge is 0.421 e. The van der Waals surface area contributed by atoms with E-state index in [2.05, 4.69) is 0 Å². The van der Waals surface area contributed by atoms with E-state index < -0.39 is 11.8 Å². The summed E-state index contributed by atoms with van der Waals surface area (Å²) in [7, 11) is 0. The number of benzene rings is 2. The molecule has 2 aromatic rings. The highest BCUT2D eigenvalue weighted by molar-refractivity contribution is 5.84. The molecular formula is C19H17FN2O2. The Balaban J connectivity index is 2.15. The maximum absolute atomic E-state index is 15.1. The highest BCUT2D eigenvalue weighted by Gasteiger charge is 2.30. The van der Waals surface area contributed by atoms with Gasteiger partial charge in [-0.2, -0.15) is 5.26 Å². The van der Waals surface area contributed by atoms with Crippen molar-refractivity contribution in [3.8, 4) is 22.9 Å². The summed E-state index contributed by atoms with van der Waals surface area (Å²) in [5, 5.41) is 9.39. The van der Waals surface area contributed by atoms with Crippen LogP contribution < -0.4 is 10.5 Å². The van der Waals surface area contributed by atoms with Crippen molar-refractivity contribution in [3.63, 3.8) is 0 Å². The summed E-state index contributed by atoms with van der Waals surface area (Å²) >= 11 is 0. The molecule has 0 aromatic heterocycles. The standard InChI is InChI=1S/C19H17FN2O2/c1-11-14(10-21)17(22)18(24-19(23)13-8-5-9-13)16(20)15(11)12-6-3-2-4-7-12/h2-4,6-7,13H,5,8-9,22H2,1H3. The molecule has 0 atom stereocenters. The van der Waals surface area contributed by atoms with Gasteiger partial charge in [-0.3, -0.25) is 4.79 Å².